The van der Waals surface area contributed by atoms with E-state index in [0.29, 0.717) is 17.5 Å². The van der Waals surface area contributed by atoms with Gasteiger partial charge in [-0.15, -0.1) is 11.8 Å². The van der Waals surface area contributed by atoms with Crippen molar-refractivity contribution in [2.75, 3.05) is 25.4 Å². The van der Waals surface area contributed by atoms with E-state index < -0.39 is 0 Å². The number of carbonyl (C=O) groups excluding carboxylic acids is 1. The summed E-state index contributed by atoms with van der Waals surface area (Å²) in [6, 6.07) is 0. The third-order valence-electron chi connectivity index (χ3n) is 2.18. The molecular weight excluding hydrogens is 196 g/mol. The molecule has 0 heterocycles. The molecule has 0 fully saturated rings. The van der Waals surface area contributed by atoms with E-state index in [-0.39, 0.29) is 5.91 Å². The van der Waals surface area contributed by atoms with Gasteiger partial charge in [0.25, 0.3) is 0 Å². The predicted molar refractivity (Wildman–Crippen MR) is 63.5 cm³/mol. The van der Waals surface area contributed by atoms with E-state index >= 15 is 0 Å². The topological polar surface area (TPSA) is 46.3 Å². The second kappa shape index (κ2) is 8.12. The maximum absolute atomic E-state index is 11.6. The Morgan fingerprint density at radius 3 is 2.43 bits per heavy atom. The molecular formula is C10H22N2OS. The molecule has 0 aliphatic carbocycles. The summed E-state index contributed by atoms with van der Waals surface area (Å²) < 4.78 is 0. The first kappa shape index (κ1) is 13.8. The van der Waals surface area contributed by atoms with Gasteiger partial charge >= 0.3 is 0 Å². The van der Waals surface area contributed by atoms with Crippen LogP contribution in [0.25, 0.3) is 0 Å². The average molecular weight is 218 g/mol. The third-order valence-corrected chi connectivity index (χ3v) is 3.40. The van der Waals surface area contributed by atoms with E-state index in [1.807, 2.05) is 18.7 Å². The Labute approximate surface area is 91.4 Å². The van der Waals surface area contributed by atoms with Crippen molar-refractivity contribution in [3.8, 4) is 0 Å². The van der Waals surface area contributed by atoms with Crippen molar-refractivity contribution >= 4 is 17.7 Å². The molecule has 14 heavy (non-hydrogen) atoms. The van der Waals surface area contributed by atoms with Gasteiger partial charge in [-0.1, -0.05) is 6.92 Å². The Morgan fingerprint density at radius 2 is 2.00 bits per heavy atom. The summed E-state index contributed by atoms with van der Waals surface area (Å²) in [5.41, 5.74) is 5.44. The molecule has 0 spiro atoms. The first-order valence-electron chi connectivity index (χ1n) is 5.25. The van der Waals surface area contributed by atoms with Crippen LogP contribution in [0, 0.1) is 0 Å². The number of carbonyl (C=O) groups is 1. The van der Waals surface area contributed by atoms with Crippen molar-refractivity contribution in [2.45, 2.75) is 32.4 Å². The maximum atomic E-state index is 11.6. The molecule has 0 aromatic rings. The Hall–Kier alpha value is -0.220. The molecule has 0 radical (unpaired) electrons. The van der Waals surface area contributed by atoms with Gasteiger partial charge in [0.05, 0.1) is 5.75 Å². The molecule has 0 bridgehead atoms. The maximum Gasteiger partial charge on any atom is 0.232 e. The van der Waals surface area contributed by atoms with Gasteiger partial charge < -0.3 is 10.6 Å². The zero-order valence-electron chi connectivity index (χ0n) is 9.45. The van der Waals surface area contributed by atoms with Crippen molar-refractivity contribution in [1.29, 1.82) is 0 Å². The van der Waals surface area contributed by atoms with Crippen LogP contribution in [0.3, 0.4) is 0 Å². The van der Waals surface area contributed by atoms with Crippen LogP contribution < -0.4 is 5.73 Å². The minimum atomic E-state index is 0.240. The van der Waals surface area contributed by atoms with Crippen LogP contribution in [0.1, 0.15) is 27.2 Å². The number of nitrogens with two attached hydrogens (primary N) is 1. The molecule has 0 aromatic heterocycles. The number of rotatable bonds is 7. The van der Waals surface area contributed by atoms with Crippen molar-refractivity contribution in [3.63, 3.8) is 0 Å². The van der Waals surface area contributed by atoms with E-state index in [1.54, 1.807) is 11.8 Å². The van der Waals surface area contributed by atoms with Crippen molar-refractivity contribution in [3.05, 3.63) is 0 Å². The van der Waals surface area contributed by atoms with Crippen LogP contribution in [0.5, 0.6) is 0 Å². The molecule has 0 saturated carbocycles. The van der Waals surface area contributed by atoms with Crippen molar-refractivity contribution < 1.29 is 4.79 Å². The zero-order valence-corrected chi connectivity index (χ0v) is 10.3. The van der Waals surface area contributed by atoms with Crippen LogP contribution in [-0.2, 0) is 4.79 Å². The van der Waals surface area contributed by atoms with Gasteiger partial charge in [-0.3, -0.25) is 4.79 Å². The van der Waals surface area contributed by atoms with Crippen molar-refractivity contribution in [2.24, 2.45) is 5.73 Å². The SMILES string of the molecule is CCN(CC)C(=O)CSC(C)CCN. The smallest absolute Gasteiger partial charge is 0.232 e. The van der Waals surface area contributed by atoms with Crippen LogP contribution >= 0.6 is 11.8 Å². The van der Waals surface area contributed by atoms with Gasteiger partial charge in [0.1, 0.15) is 0 Å². The molecule has 4 heteroatoms. The highest BCUT2D eigenvalue weighted by Crippen LogP contribution is 2.13. The molecule has 84 valence electrons. The van der Waals surface area contributed by atoms with Crippen LogP contribution in [0.15, 0.2) is 0 Å². The molecule has 1 unspecified atom stereocenters. The van der Waals surface area contributed by atoms with Crippen molar-refractivity contribution in [1.82, 2.24) is 4.90 Å². The Balaban J connectivity index is 3.71. The Bertz CT molecular complexity index is 160. The largest absolute Gasteiger partial charge is 0.343 e. The number of thioether (sulfide) groups is 1. The lowest BCUT2D eigenvalue weighted by Crippen LogP contribution is -2.32. The number of hydrogen-bond acceptors (Lipinski definition) is 3. The van der Waals surface area contributed by atoms with Crippen LogP contribution in [-0.4, -0.2) is 41.4 Å². The predicted octanol–water partition coefficient (Wildman–Crippen LogP) is 1.33. The molecule has 1 atom stereocenters. The minimum Gasteiger partial charge on any atom is -0.343 e. The summed E-state index contributed by atoms with van der Waals surface area (Å²) in [4.78, 5) is 13.5. The minimum absolute atomic E-state index is 0.240. The Kier molecular flexibility index (Phi) is 7.99. The fraction of sp³-hybridized carbons (Fsp3) is 0.900. The van der Waals surface area contributed by atoms with E-state index in [9.17, 15) is 4.79 Å². The van der Waals surface area contributed by atoms with E-state index in [2.05, 4.69) is 6.92 Å². The summed E-state index contributed by atoms with van der Waals surface area (Å²) in [5, 5.41) is 0.486. The van der Waals surface area contributed by atoms with Crippen LogP contribution in [0.2, 0.25) is 0 Å². The summed E-state index contributed by atoms with van der Waals surface area (Å²) in [7, 11) is 0. The normalized spacial score (nSPS) is 12.6. The van der Waals surface area contributed by atoms with Crippen LogP contribution in [0.4, 0.5) is 0 Å². The van der Waals surface area contributed by atoms with E-state index in [1.165, 1.54) is 0 Å². The molecule has 3 nitrogen and oxygen atoms in total. The van der Waals surface area contributed by atoms with Gasteiger partial charge in [0.15, 0.2) is 0 Å². The lowest BCUT2D eigenvalue weighted by Gasteiger charge is -2.19. The quantitative estimate of drug-likeness (QED) is 0.701. The van der Waals surface area contributed by atoms with E-state index in [4.69, 9.17) is 5.73 Å². The lowest BCUT2D eigenvalue weighted by molar-refractivity contribution is -0.127. The van der Waals surface area contributed by atoms with Gasteiger partial charge in [0, 0.05) is 18.3 Å². The standard InChI is InChI=1S/C10H22N2OS/c1-4-12(5-2)10(13)8-14-9(3)6-7-11/h9H,4-8,11H2,1-3H3. The summed E-state index contributed by atoms with van der Waals surface area (Å²) >= 11 is 1.70. The molecule has 0 rings (SSSR count). The van der Waals surface area contributed by atoms with Gasteiger partial charge in [0.2, 0.25) is 5.91 Å². The molecule has 0 aliphatic rings. The summed E-state index contributed by atoms with van der Waals surface area (Å²) in [6.45, 7) is 8.45. The summed E-state index contributed by atoms with van der Waals surface area (Å²) in [6.07, 6.45) is 0.982. The fourth-order valence-corrected chi connectivity index (χ4v) is 2.11. The summed E-state index contributed by atoms with van der Waals surface area (Å²) in [5.74, 6) is 0.826. The highest BCUT2D eigenvalue weighted by molar-refractivity contribution is 8.00. The first-order chi connectivity index (χ1) is 6.65. The zero-order chi connectivity index (χ0) is 11.0. The van der Waals surface area contributed by atoms with Gasteiger partial charge in [-0.25, -0.2) is 0 Å². The molecule has 0 aromatic carbocycles. The number of hydrogen-bond donors (Lipinski definition) is 1. The third kappa shape index (κ3) is 5.50. The fourth-order valence-electron chi connectivity index (χ4n) is 1.20. The molecule has 1 amide bonds. The lowest BCUT2D eigenvalue weighted by atomic mass is 10.3. The average Bonchev–Trinajstić information content (AvgIpc) is 2.17. The Morgan fingerprint density at radius 1 is 1.43 bits per heavy atom. The molecule has 0 aliphatic heterocycles. The molecule has 2 N–H and O–H groups in total. The van der Waals surface area contributed by atoms with Gasteiger partial charge in [-0.2, -0.15) is 0 Å². The highest BCUT2D eigenvalue weighted by Gasteiger charge is 2.11. The van der Waals surface area contributed by atoms with E-state index in [0.717, 1.165) is 19.5 Å². The number of nitrogens with zero attached hydrogens (tertiary/aromatic N) is 1. The number of amides is 1. The monoisotopic (exact) mass is 218 g/mol. The first-order valence-corrected chi connectivity index (χ1v) is 6.29. The highest BCUT2D eigenvalue weighted by atomic mass is 32.2. The van der Waals surface area contributed by atoms with Gasteiger partial charge in [-0.05, 0) is 26.8 Å². The molecule has 0 saturated heterocycles. The second-order valence-corrected chi connectivity index (χ2v) is 4.69. The second-order valence-electron chi connectivity index (χ2n) is 3.27.